The predicted octanol–water partition coefficient (Wildman–Crippen LogP) is 3.28. The van der Waals surface area contributed by atoms with Gasteiger partial charge in [0.25, 0.3) is 5.91 Å². The van der Waals surface area contributed by atoms with Crippen LogP contribution in [0.4, 0.5) is 26.5 Å². The molecule has 0 radical (unpaired) electrons. The lowest BCUT2D eigenvalue weighted by molar-refractivity contribution is 0.1000. The van der Waals surface area contributed by atoms with E-state index in [1.54, 1.807) is 36.1 Å². The molecule has 3 aromatic rings. The fourth-order valence-corrected chi connectivity index (χ4v) is 4.23. The number of pyridine rings is 2. The fourth-order valence-electron chi connectivity index (χ4n) is 4.23. The Morgan fingerprint density at radius 3 is 2.70 bits per heavy atom. The number of amides is 2. The second kappa shape index (κ2) is 11.1. The van der Waals surface area contributed by atoms with Gasteiger partial charge < -0.3 is 31.5 Å². The zero-order chi connectivity index (χ0) is 26.5. The van der Waals surface area contributed by atoms with Crippen LogP contribution in [0.3, 0.4) is 0 Å². The first-order valence-corrected chi connectivity index (χ1v) is 11.9. The molecule has 3 heterocycles. The van der Waals surface area contributed by atoms with Crippen LogP contribution in [0.25, 0.3) is 5.69 Å². The van der Waals surface area contributed by atoms with Gasteiger partial charge in [0.15, 0.2) is 11.6 Å². The lowest BCUT2D eigenvalue weighted by atomic mass is 9.77. The summed E-state index contributed by atoms with van der Waals surface area (Å²) in [7, 11) is 0. The first kappa shape index (κ1) is 25.7. The first-order valence-electron chi connectivity index (χ1n) is 11.9. The number of nitrogens with one attached hydrogen (secondary N) is 3. The Hall–Kier alpha value is -4.42. The average Bonchev–Trinajstić information content (AvgIpc) is 3.34. The highest BCUT2D eigenvalue weighted by Crippen LogP contribution is 2.34. The number of primary amides is 1. The molecule has 13 heteroatoms. The highest BCUT2D eigenvalue weighted by Gasteiger charge is 2.33. The second-order valence-corrected chi connectivity index (χ2v) is 8.74. The van der Waals surface area contributed by atoms with Crippen molar-refractivity contribution in [3.05, 3.63) is 48.2 Å². The van der Waals surface area contributed by atoms with Gasteiger partial charge in [-0.1, -0.05) is 6.42 Å². The van der Waals surface area contributed by atoms with Crippen LogP contribution in [0, 0.1) is 11.7 Å². The number of nitrogens with zero attached hydrogens (tertiary/aromatic N) is 4. The molecule has 2 atom stereocenters. The van der Waals surface area contributed by atoms with Gasteiger partial charge in [-0.25, -0.2) is 23.8 Å². The molecule has 1 fully saturated rings. The maximum absolute atomic E-state index is 15.1. The molecule has 1 aliphatic carbocycles. The molecule has 3 aromatic heterocycles. The molecule has 37 heavy (non-hydrogen) atoms. The Morgan fingerprint density at radius 1 is 1.32 bits per heavy atom. The maximum atomic E-state index is 15.1. The van der Waals surface area contributed by atoms with E-state index in [4.69, 9.17) is 15.6 Å². The van der Waals surface area contributed by atoms with Gasteiger partial charge in [0, 0.05) is 18.4 Å². The number of aromatic nitrogens is 4. The summed E-state index contributed by atoms with van der Waals surface area (Å²) in [6, 6.07) is 3.54. The van der Waals surface area contributed by atoms with E-state index in [-0.39, 0.29) is 23.1 Å². The van der Waals surface area contributed by atoms with Crippen LogP contribution in [0.2, 0.25) is 0 Å². The zero-order valence-corrected chi connectivity index (χ0v) is 20.4. The molecule has 0 unspecified atom stereocenters. The van der Waals surface area contributed by atoms with Crippen molar-refractivity contribution >= 4 is 29.3 Å². The number of rotatable bonds is 11. The van der Waals surface area contributed by atoms with E-state index in [1.165, 1.54) is 6.20 Å². The van der Waals surface area contributed by atoms with E-state index in [0.717, 1.165) is 25.3 Å². The van der Waals surface area contributed by atoms with Crippen LogP contribution < -0.4 is 26.4 Å². The minimum Gasteiger partial charge on any atom is -0.476 e. The molecule has 6 N–H and O–H groups in total. The monoisotopic (exact) mass is 512 g/mol. The Morgan fingerprint density at radius 2 is 2.11 bits per heavy atom. The van der Waals surface area contributed by atoms with Gasteiger partial charge in [0.2, 0.25) is 5.88 Å². The molecule has 12 nitrogen and oxygen atoms in total. The molecule has 0 aliphatic heterocycles. The molecule has 2 amide bonds. The molecule has 1 aliphatic rings. The zero-order valence-electron chi connectivity index (χ0n) is 20.4. The second-order valence-electron chi connectivity index (χ2n) is 8.74. The number of hydrogen-bond donors (Lipinski definition) is 5. The van der Waals surface area contributed by atoms with Crippen LogP contribution in [0.1, 0.15) is 43.5 Å². The molecular formula is C24H29FN8O4. The Labute approximate surface area is 212 Å². The topological polar surface area (TPSA) is 169 Å². The molecule has 0 bridgehead atoms. The van der Waals surface area contributed by atoms with Gasteiger partial charge in [-0.05, 0) is 50.8 Å². The number of carbonyl (C=O) groups excluding carboxylic acids is 1. The SMILES string of the molecule is CCOc1ncc(Nc2nc(N[C@@H](C3CCC3)[C@H](C)NC(=O)O)c(F)cc2C(N)=O)cc1-n1cccn1. The lowest BCUT2D eigenvalue weighted by Gasteiger charge is -2.38. The minimum absolute atomic E-state index is 0.0139. The van der Waals surface area contributed by atoms with Crippen molar-refractivity contribution in [3.63, 3.8) is 0 Å². The van der Waals surface area contributed by atoms with Gasteiger partial charge in [0.1, 0.15) is 11.5 Å². The highest BCUT2D eigenvalue weighted by atomic mass is 19.1. The molecular weight excluding hydrogens is 483 g/mol. The third-order valence-corrected chi connectivity index (χ3v) is 6.22. The highest BCUT2D eigenvalue weighted by molar-refractivity contribution is 5.98. The van der Waals surface area contributed by atoms with Crippen molar-refractivity contribution in [3.8, 4) is 11.6 Å². The predicted molar refractivity (Wildman–Crippen MR) is 134 cm³/mol. The van der Waals surface area contributed by atoms with Crippen LogP contribution >= 0.6 is 0 Å². The number of carbonyl (C=O) groups is 2. The van der Waals surface area contributed by atoms with E-state index in [2.05, 4.69) is 31.0 Å². The van der Waals surface area contributed by atoms with Crippen molar-refractivity contribution in [2.24, 2.45) is 11.7 Å². The molecule has 196 valence electrons. The number of halogens is 1. The Bertz CT molecular complexity index is 1270. The minimum atomic E-state index is -1.17. The van der Waals surface area contributed by atoms with Gasteiger partial charge in [0.05, 0.1) is 30.1 Å². The molecule has 1 saturated carbocycles. The van der Waals surface area contributed by atoms with E-state index in [1.807, 2.05) is 6.92 Å². The van der Waals surface area contributed by atoms with Gasteiger partial charge in [-0.2, -0.15) is 5.10 Å². The molecule has 0 aromatic carbocycles. The summed E-state index contributed by atoms with van der Waals surface area (Å²) in [6.07, 6.45) is 6.41. The third kappa shape index (κ3) is 5.88. The van der Waals surface area contributed by atoms with Crippen LogP contribution in [0.5, 0.6) is 5.88 Å². The van der Waals surface area contributed by atoms with Gasteiger partial charge >= 0.3 is 6.09 Å². The molecule has 4 rings (SSSR count). The largest absolute Gasteiger partial charge is 0.476 e. The molecule has 0 saturated heterocycles. The van der Waals surface area contributed by atoms with Crippen molar-refractivity contribution in [1.29, 1.82) is 0 Å². The Balaban J connectivity index is 1.68. The van der Waals surface area contributed by atoms with E-state index in [9.17, 15) is 9.59 Å². The standard InChI is InChI=1S/C24H29FN8O4/c1-3-37-23-18(33-9-5-8-28-33)10-15(12-27-23)30-21-16(20(26)34)11-17(25)22(32-21)31-19(14-6-4-7-14)13(2)29-24(35)36/h5,8-14,19,29H,3-4,6-7H2,1-2H3,(H2,26,34)(H,35,36)(H2,30,31,32)/t13-,19+/m0/s1. The average molecular weight is 513 g/mol. The van der Waals surface area contributed by atoms with Crippen molar-refractivity contribution in [2.75, 3.05) is 17.2 Å². The summed E-state index contributed by atoms with van der Waals surface area (Å²) in [5, 5.41) is 21.9. The Kier molecular flexibility index (Phi) is 7.70. The smallest absolute Gasteiger partial charge is 0.404 e. The summed E-state index contributed by atoms with van der Waals surface area (Å²) in [5.41, 5.74) is 6.32. The van der Waals surface area contributed by atoms with Crippen LogP contribution in [-0.2, 0) is 0 Å². The van der Waals surface area contributed by atoms with E-state index in [0.29, 0.717) is 23.9 Å². The third-order valence-electron chi connectivity index (χ3n) is 6.22. The van der Waals surface area contributed by atoms with Crippen LogP contribution in [0.15, 0.2) is 36.8 Å². The quantitative estimate of drug-likeness (QED) is 0.259. The molecule has 0 spiro atoms. The summed E-state index contributed by atoms with van der Waals surface area (Å²) in [4.78, 5) is 32.0. The maximum Gasteiger partial charge on any atom is 0.404 e. The number of anilines is 3. The number of ether oxygens (including phenoxy) is 1. The van der Waals surface area contributed by atoms with Gasteiger partial charge in [-0.3, -0.25) is 4.79 Å². The van der Waals surface area contributed by atoms with Crippen LogP contribution in [-0.4, -0.2) is 55.5 Å². The summed E-state index contributed by atoms with van der Waals surface area (Å²) >= 11 is 0. The van der Waals surface area contributed by atoms with Crippen molar-refractivity contribution in [2.45, 2.75) is 45.2 Å². The lowest BCUT2D eigenvalue weighted by Crippen LogP contribution is -2.50. The van der Waals surface area contributed by atoms with E-state index < -0.39 is 29.9 Å². The van der Waals surface area contributed by atoms with Crippen molar-refractivity contribution < 1.29 is 23.8 Å². The fraction of sp³-hybridized carbons (Fsp3) is 0.375. The summed E-state index contributed by atoms with van der Waals surface area (Å²) in [5.74, 6) is -1.28. The van der Waals surface area contributed by atoms with E-state index >= 15 is 4.39 Å². The first-order chi connectivity index (χ1) is 17.8. The normalized spacial score (nSPS) is 14.8. The number of nitrogens with two attached hydrogens (primary N) is 1. The van der Waals surface area contributed by atoms with Crippen molar-refractivity contribution in [1.82, 2.24) is 25.1 Å². The van der Waals surface area contributed by atoms with Gasteiger partial charge in [-0.15, -0.1) is 0 Å². The number of carboxylic acid groups (broad SMARTS) is 1. The number of hydrogen-bond acceptors (Lipinski definition) is 8. The summed E-state index contributed by atoms with van der Waals surface area (Å²) in [6.45, 7) is 3.94. The summed E-state index contributed by atoms with van der Waals surface area (Å²) < 4.78 is 22.2.